The lowest BCUT2D eigenvalue weighted by atomic mass is 10.2. The van der Waals surface area contributed by atoms with Gasteiger partial charge in [0.2, 0.25) is 0 Å². The van der Waals surface area contributed by atoms with Gasteiger partial charge in [-0.15, -0.1) is 0 Å². The second-order valence-electron chi connectivity index (χ2n) is 6.38. The number of anilines is 1. The van der Waals surface area contributed by atoms with Crippen LogP contribution in [0.1, 0.15) is 31.9 Å². The largest absolute Gasteiger partial charge is 0.489 e. The van der Waals surface area contributed by atoms with E-state index in [-0.39, 0.29) is 0 Å². The Bertz CT molecular complexity index is 660. The predicted octanol–water partition coefficient (Wildman–Crippen LogP) is 4.92. The number of aryl methyl sites for hydroxylation is 1. The van der Waals surface area contributed by atoms with E-state index in [1.807, 2.05) is 70.2 Å². The lowest BCUT2D eigenvalue weighted by Crippen LogP contribution is -2.27. The number of carbonyl (C=O) groups is 1. The topological polar surface area (TPSA) is 47.6 Å². The van der Waals surface area contributed by atoms with Crippen LogP contribution in [0.4, 0.5) is 10.5 Å². The molecule has 0 aliphatic carbocycles. The van der Waals surface area contributed by atoms with Gasteiger partial charge in [-0.25, -0.2) is 4.79 Å². The summed E-state index contributed by atoms with van der Waals surface area (Å²) in [4.78, 5) is 11.8. The summed E-state index contributed by atoms with van der Waals surface area (Å²) in [6, 6.07) is 15.5. The van der Waals surface area contributed by atoms with Crippen LogP contribution in [0.3, 0.4) is 0 Å². The van der Waals surface area contributed by atoms with Crippen molar-refractivity contribution in [2.75, 3.05) is 5.32 Å². The lowest BCUT2D eigenvalue weighted by molar-refractivity contribution is 0.0636. The van der Waals surface area contributed by atoms with Crippen LogP contribution < -0.4 is 10.1 Å². The molecule has 4 heteroatoms. The van der Waals surface area contributed by atoms with Crippen molar-refractivity contribution < 1.29 is 14.3 Å². The molecule has 1 N–H and O–H groups in total. The highest BCUT2D eigenvalue weighted by Crippen LogP contribution is 2.23. The van der Waals surface area contributed by atoms with Gasteiger partial charge in [-0.1, -0.05) is 30.3 Å². The minimum Gasteiger partial charge on any atom is -0.489 e. The molecule has 0 aliphatic heterocycles. The van der Waals surface area contributed by atoms with E-state index in [9.17, 15) is 4.79 Å². The summed E-state index contributed by atoms with van der Waals surface area (Å²) in [7, 11) is 0. The number of amides is 1. The van der Waals surface area contributed by atoms with Gasteiger partial charge < -0.3 is 9.47 Å². The molecule has 0 atom stereocenters. The predicted molar refractivity (Wildman–Crippen MR) is 91.8 cm³/mol. The zero-order valence-corrected chi connectivity index (χ0v) is 14.1. The first-order chi connectivity index (χ1) is 10.8. The molecule has 1 amide bonds. The highest BCUT2D eigenvalue weighted by molar-refractivity contribution is 5.85. The van der Waals surface area contributed by atoms with E-state index in [0.29, 0.717) is 12.3 Å². The molecule has 2 rings (SSSR count). The Morgan fingerprint density at radius 3 is 2.39 bits per heavy atom. The molecule has 0 aliphatic rings. The van der Waals surface area contributed by atoms with Crippen molar-refractivity contribution in [1.82, 2.24) is 0 Å². The molecule has 0 aromatic heterocycles. The molecule has 0 saturated carbocycles. The quantitative estimate of drug-likeness (QED) is 0.871. The molecule has 0 spiro atoms. The third kappa shape index (κ3) is 5.66. The van der Waals surface area contributed by atoms with Crippen molar-refractivity contribution >= 4 is 11.8 Å². The maximum Gasteiger partial charge on any atom is 0.412 e. The highest BCUT2D eigenvalue weighted by Gasteiger charge is 2.16. The Morgan fingerprint density at radius 1 is 1.09 bits per heavy atom. The maximum atomic E-state index is 11.8. The molecule has 0 fully saturated rings. The first kappa shape index (κ1) is 16.9. The Kier molecular flexibility index (Phi) is 5.27. The van der Waals surface area contributed by atoms with Gasteiger partial charge in [-0.3, -0.25) is 5.32 Å². The first-order valence-corrected chi connectivity index (χ1v) is 7.61. The van der Waals surface area contributed by atoms with Crippen molar-refractivity contribution in [3.8, 4) is 5.75 Å². The van der Waals surface area contributed by atoms with Crippen LogP contribution in [0.5, 0.6) is 5.75 Å². The number of ether oxygens (including phenoxy) is 2. The lowest BCUT2D eigenvalue weighted by Gasteiger charge is -2.20. The fourth-order valence-corrected chi connectivity index (χ4v) is 2.05. The Morgan fingerprint density at radius 2 is 1.78 bits per heavy atom. The maximum absolute atomic E-state index is 11.8. The molecule has 0 saturated heterocycles. The van der Waals surface area contributed by atoms with Crippen LogP contribution in [-0.4, -0.2) is 11.7 Å². The van der Waals surface area contributed by atoms with Crippen molar-refractivity contribution in [3.05, 3.63) is 59.7 Å². The molecule has 23 heavy (non-hydrogen) atoms. The van der Waals surface area contributed by atoms with Crippen LogP contribution in [0, 0.1) is 6.92 Å². The zero-order valence-electron chi connectivity index (χ0n) is 14.1. The van der Waals surface area contributed by atoms with E-state index in [1.165, 1.54) is 0 Å². The second kappa shape index (κ2) is 7.18. The molecule has 0 unspecified atom stereocenters. The van der Waals surface area contributed by atoms with Crippen LogP contribution in [0.25, 0.3) is 0 Å². The first-order valence-electron chi connectivity index (χ1n) is 7.61. The number of hydrogen-bond acceptors (Lipinski definition) is 3. The van der Waals surface area contributed by atoms with Gasteiger partial charge in [-0.2, -0.15) is 0 Å². The van der Waals surface area contributed by atoms with Gasteiger partial charge in [0.15, 0.2) is 0 Å². The summed E-state index contributed by atoms with van der Waals surface area (Å²) < 4.78 is 11.1. The summed E-state index contributed by atoms with van der Waals surface area (Å²) in [5.41, 5.74) is 2.24. The fourth-order valence-electron chi connectivity index (χ4n) is 2.05. The van der Waals surface area contributed by atoms with E-state index in [4.69, 9.17) is 9.47 Å². The molecule has 122 valence electrons. The zero-order chi connectivity index (χ0) is 16.9. The van der Waals surface area contributed by atoms with Crippen molar-refractivity contribution in [2.24, 2.45) is 0 Å². The SMILES string of the molecule is Cc1cc(NC(=O)OC(C)(C)C)ccc1OCc1ccccc1. The molecule has 2 aromatic carbocycles. The van der Waals surface area contributed by atoms with E-state index in [0.717, 1.165) is 16.9 Å². The van der Waals surface area contributed by atoms with E-state index < -0.39 is 11.7 Å². The van der Waals surface area contributed by atoms with Crippen LogP contribution in [0.2, 0.25) is 0 Å². The average Bonchev–Trinajstić information content (AvgIpc) is 2.45. The molecular formula is C19H23NO3. The highest BCUT2D eigenvalue weighted by atomic mass is 16.6. The van der Waals surface area contributed by atoms with Gasteiger partial charge in [0.1, 0.15) is 18.0 Å². The molecular weight excluding hydrogens is 290 g/mol. The summed E-state index contributed by atoms with van der Waals surface area (Å²) in [6.07, 6.45) is -0.463. The number of benzene rings is 2. The number of rotatable bonds is 4. The van der Waals surface area contributed by atoms with E-state index in [1.54, 1.807) is 6.07 Å². The molecule has 0 heterocycles. The van der Waals surface area contributed by atoms with E-state index in [2.05, 4.69) is 5.32 Å². The smallest absolute Gasteiger partial charge is 0.412 e. The van der Waals surface area contributed by atoms with Gasteiger partial charge in [0.25, 0.3) is 0 Å². The van der Waals surface area contributed by atoms with Crippen molar-refractivity contribution in [1.29, 1.82) is 0 Å². The summed E-state index contributed by atoms with van der Waals surface area (Å²) in [5, 5.41) is 2.72. The van der Waals surface area contributed by atoms with E-state index >= 15 is 0 Å². The Hall–Kier alpha value is -2.49. The molecule has 4 nitrogen and oxygen atoms in total. The fraction of sp³-hybridized carbons (Fsp3) is 0.316. The Balaban J connectivity index is 1.96. The second-order valence-corrected chi connectivity index (χ2v) is 6.38. The monoisotopic (exact) mass is 313 g/mol. The van der Waals surface area contributed by atoms with Gasteiger partial charge in [0, 0.05) is 5.69 Å². The molecule has 2 aromatic rings. The normalized spacial score (nSPS) is 11.0. The van der Waals surface area contributed by atoms with Crippen LogP contribution >= 0.6 is 0 Å². The van der Waals surface area contributed by atoms with Gasteiger partial charge in [-0.05, 0) is 57.0 Å². The number of nitrogens with one attached hydrogen (secondary N) is 1. The molecule has 0 bridgehead atoms. The van der Waals surface area contributed by atoms with Crippen molar-refractivity contribution in [2.45, 2.75) is 39.9 Å². The third-order valence-corrected chi connectivity index (χ3v) is 3.06. The summed E-state index contributed by atoms with van der Waals surface area (Å²) >= 11 is 0. The summed E-state index contributed by atoms with van der Waals surface area (Å²) in [6.45, 7) is 7.95. The van der Waals surface area contributed by atoms with Crippen LogP contribution in [0.15, 0.2) is 48.5 Å². The van der Waals surface area contributed by atoms with Crippen LogP contribution in [-0.2, 0) is 11.3 Å². The molecule has 0 radical (unpaired) electrons. The van der Waals surface area contributed by atoms with Gasteiger partial charge >= 0.3 is 6.09 Å². The number of hydrogen-bond donors (Lipinski definition) is 1. The number of carbonyl (C=O) groups excluding carboxylic acids is 1. The average molecular weight is 313 g/mol. The minimum atomic E-state index is -0.516. The Labute approximate surface area is 137 Å². The summed E-state index contributed by atoms with van der Waals surface area (Å²) in [5.74, 6) is 0.795. The minimum absolute atomic E-state index is 0.463. The third-order valence-electron chi connectivity index (χ3n) is 3.06. The van der Waals surface area contributed by atoms with Gasteiger partial charge in [0.05, 0.1) is 0 Å². The standard InChI is InChI=1S/C19H23NO3/c1-14-12-16(20-18(21)23-19(2,3)4)10-11-17(14)22-13-15-8-6-5-7-9-15/h5-12H,13H2,1-4H3,(H,20,21). The van der Waals surface area contributed by atoms with Crippen molar-refractivity contribution in [3.63, 3.8) is 0 Å².